The highest BCUT2D eigenvalue weighted by Crippen LogP contribution is 2.29. The van der Waals surface area contributed by atoms with Gasteiger partial charge < -0.3 is 4.90 Å². The molecule has 0 saturated heterocycles. The molecule has 0 bridgehead atoms. The Bertz CT molecular complexity index is 576. The molecule has 0 unspecified atom stereocenters. The first kappa shape index (κ1) is 17.1. The second-order valence-electron chi connectivity index (χ2n) is 5.66. The summed E-state index contributed by atoms with van der Waals surface area (Å²) in [6.07, 6.45) is 0. The number of rotatable bonds is 5. The summed E-state index contributed by atoms with van der Waals surface area (Å²) in [5, 5.41) is 0. The van der Waals surface area contributed by atoms with Crippen molar-refractivity contribution in [1.82, 2.24) is 9.62 Å². The van der Waals surface area contributed by atoms with Gasteiger partial charge in [0.1, 0.15) is 0 Å². The molecule has 0 aromatic heterocycles. The van der Waals surface area contributed by atoms with Crippen molar-refractivity contribution in [2.24, 2.45) is 0 Å². The fraction of sp³-hybridized carbons (Fsp3) is 0.600. The molecule has 0 saturated carbocycles. The minimum atomic E-state index is -3.46. The van der Waals surface area contributed by atoms with Crippen molar-refractivity contribution in [3.05, 3.63) is 27.8 Å². The van der Waals surface area contributed by atoms with E-state index in [0.29, 0.717) is 18.0 Å². The summed E-state index contributed by atoms with van der Waals surface area (Å²) in [4.78, 5) is 2.39. The third kappa shape index (κ3) is 3.40. The van der Waals surface area contributed by atoms with Crippen molar-refractivity contribution in [2.75, 3.05) is 27.2 Å². The van der Waals surface area contributed by atoms with Crippen LogP contribution < -0.4 is 4.72 Å². The molecule has 0 amide bonds. The first-order valence-electron chi connectivity index (χ1n) is 6.81. The lowest BCUT2D eigenvalue weighted by Crippen LogP contribution is -2.32. The molecule has 1 aromatic rings. The van der Waals surface area contributed by atoms with E-state index in [0.717, 1.165) is 22.3 Å². The summed E-state index contributed by atoms with van der Waals surface area (Å²) in [7, 11) is 0.387. The van der Waals surface area contributed by atoms with Gasteiger partial charge in [-0.25, -0.2) is 13.1 Å². The topological polar surface area (TPSA) is 49.4 Å². The maximum Gasteiger partial charge on any atom is 0.241 e. The number of likely N-dealkylation sites (N-methyl/N-ethyl adjacent to an activating group) is 1. The maximum atomic E-state index is 12.5. The van der Waals surface area contributed by atoms with Crippen LogP contribution in [0.2, 0.25) is 0 Å². The van der Waals surface area contributed by atoms with Crippen LogP contribution in [0, 0.1) is 34.6 Å². The minimum absolute atomic E-state index is 0.417. The van der Waals surface area contributed by atoms with E-state index in [-0.39, 0.29) is 0 Å². The summed E-state index contributed by atoms with van der Waals surface area (Å²) in [5.74, 6) is 0. The smallest absolute Gasteiger partial charge is 0.241 e. The van der Waals surface area contributed by atoms with Crippen LogP contribution >= 0.6 is 0 Å². The summed E-state index contributed by atoms with van der Waals surface area (Å²) in [5.41, 5.74) is 4.99. The Morgan fingerprint density at radius 3 is 1.65 bits per heavy atom. The SMILES string of the molecule is Cc1c(C)c(C)c(S(=O)(=O)NCCN(C)C)c(C)c1C. The van der Waals surface area contributed by atoms with Crippen LogP contribution in [0.5, 0.6) is 0 Å². The van der Waals surface area contributed by atoms with Gasteiger partial charge >= 0.3 is 0 Å². The number of nitrogens with one attached hydrogen (secondary N) is 1. The zero-order valence-electron chi connectivity index (χ0n) is 13.6. The second-order valence-corrected chi connectivity index (χ2v) is 7.36. The summed E-state index contributed by atoms with van der Waals surface area (Å²) < 4.78 is 27.8. The van der Waals surface area contributed by atoms with E-state index < -0.39 is 10.0 Å². The molecule has 0 fully saturated rings. The molecule has 1 N–H and O–H groups in total. The third-order valence-electron chi connectivity index (χ3n) is 4.05. The Morgan fingerprint density at radius 2 is 1.25 bits per heavy atom. The van der Waals surface area contributed by atoms with Gasteiger partial charge in [-0.15, -0.1) is 0 Å². The lowest BCUT2D eigenvalue weighted by atomic mass is 9.95. The van der Waals surface area contributed by atoms with Crippen LogP contribution in [0.4, 0.5) is 0 Å². The largest absolute Gasteiger partial charge is 0.308 e. The van der Waals surface area contributed by atoms with E-state index in [2.05, 4.69) is 4.72 Å². The van der Waals surface area contributed by atoms with Crippen LogP contribution in [0.25, 0.3) is 0 Å². The monoisotopic (exact) mass is 298 g/mol. The summed E-state index contributed by atoms with van der Waals surface area (Å²) in [6.45, 7) is 10.9. The zero-order valence-corrected chi connectivity index (χ0v) is 14.4. The van der Waals surface area contributed by atoms with Gasteiger partial charge in [0.2, 0.25) is 10.0 Å². The average molecular weight is 298 g/mol. The lowest BCUT2D eigenvalue weighted by Gasteiger charge is -2.19. The molecular weight excluding hydrogens is 272 g/mol. The summed E-state index contributed by atoms with van der Waals surface area (Å²) >= 11 is 0. The number of hydrogen-bond acceptors (Lipinski definition) is 3. The number of benzene rings is 1. The van der Waals surface area contributed by atoms with Gasteiger partial charge in [-0.1, -0.05) is 0 Å². The number of sulfonamides is 1. The molecule has 1 aromatic carbocycles. The molecule has 0 aliphatic rings. The maximum absolute atomic E-state index is 12.5. The number of hydrogen-bond donors (Lipinski definition) is 1. The molecular formula is C15H26N2O2S. The van der Waals surface area contributed by atoms with Crippen molar-refractivity contribution in [3.8, 4) is 0 Å². The van der Waals surface area contributed by atoms with Crippen molar-refractivity contribution in [2.45, 2.75) is 39.5 Å². The van der Waals surface area contributed by atoms with Crippen molar-refractivity contribution in [1.29, 1.82) is 0 Å². The quantitative estimate of drug-likeness (QED) is 0.905. The molecule has 20 heavy (non-hydrogen) atoms. The Hall–Kier alpha value is -0.910. The van der Waals surface area contributed by atoms with E-state index in [1.807, 2.05) is 53.6 Å². The highest BCUT2D eigenvalue weighted by molar-refractivity contribution is 7.89. The van der Waals surface area contributed by atoms with Crippen molar-refractivity contribution >= 4 is 10.0 Å². The van der Waals surface area contributed by atoms with Gasteiger partial charge in [0.25, 0.3) is 0 Å². The van der Waals surface area contributed by atoms with Crippen LogP contribution in [-0.4, -0.2) is 40.5 Å². The highest BCUT2D eigenvalue weighted by Gasteiger charge is 2.23. The van der Waals surface area contributed by atoms with E-state index >= 15 is 0 Å². The van der Waals surface area contributed by atoms with E-state index in [1.165, 1.54) is 5.56 Å². The Labute approximate surface area is 123 Å². The van der Waals surface area contributed by atoms with E-state index in [9.17, 15) is 8.42 Å². The molecule has 5 heteroatoms. The van der Waals surface area contributed by atoms with Crippen LogP contribution in [0.1, 0.15) is 27.8 Å². The van der Waals surface area contributed by atoms with Gasteiger partial charge in [-0.3, -0.25) is 0 Å². The average Bonchev–Trinajstić information content (AvgIpc) is 2.33. The molecule has 0 heterocycles. The first-order chi connectivity index (χ1) is 9.09. The second kappa shape index (κ2) is 6.24. The van der Waals surface area contributed by atoms with Gasteiger partial charge in [-0.05, 0) is 76.5 Å². The van der Waals surface area contributed by atoms with Gasteiger partial charge in [0, 0.05) is 13.1 Å². The Balaban J connectivity index is 3.26. The molecule has 0 atom stereocenters. The first-order valence-corrected chi connectivity index (χ1v) is 8.29. The Kier molecular flexibility index (Phi) is 5.35. The van der Waals surface area contributed by atoms with E-state index in [1.54, 1.807) is 0 Å². The van der Waals surface area contributed by atoms with Gasteiger partial charge in [-0.2, -0.15) is 0 Å². The number of nitrogens with zero attached hydrogens (tertiary/aromatic N) is 1. The fourth-order valence-corrected chi connectivity index (χ4v) is 3.96. The molecule has 0 aliphatic carbocycles. The zero-order chi connectivity index (χ0) is 15.7. The molecule has 0 aliphatic heterocycles. The van der Waals surface area contributed by atoms with E-state index in [4.69, 9.17) is 0 Å². The van der Waals surface area contributed by atoms with Crippen LogP contribution in [0.3, 0.4) is 0 Å². The molecule has 0 spiro atoms. The standard InChI is InChI=1S/C15H26N2O2S/c1-10-11(2)13(4)15(14(5)12(10)3)20(18,19)16-8-9-17(6)7/h16H,8-9H2,1-7H3. The molecule has 1 rings (SSSR count). The third-order valence-corrected chi connectivity index (χ3v) is 5.79. The normalized spacial score (nSPS) is 12.2. The summed E-state index contributed by atoms with van der Waals surface area (Å²) in [6, 6.07) is 0. The van der Waals surface area contributed by atoms with Gasteiger partial charge in [0.05, 0.1) is 4.90 Å². The predicted molar refractivity (Wildman–Crippen MR) is 83.9 cm³/mol. The van der Waals surface area contributed by atoms with Crippen molar-refractivity contribution < 1.29 is 8.42 Å². The van der Waals surface area contributed by atoms with Crippen LogP contribution in [-0.2, 0) is 10.0 Å². The lowest BCUT2D eigenvalue weighted by molar-refractivity contribution is 0.412. The van der Waals surface area contributed by atoms with Crippen molar-refractivity contribution in [3.63, 3.8) is 0 Å². The Morgan fingerprint density at radius 1 is 0.850 bits per heavy atom. The fourth-order valence-electron chi connectivity index (χ4n) is 2.34. The van der Waals surface area contributed by atoms with Crippen LogP contribution in [0.15, 0.2) is 4.90 Å². The minimum Gasteiger partial charge on any atom is -0.308 e. The predicted octanol–water partition coefficient (Wildman–Crippen LogP) is 2.07. The molecule has 0 radical (unpaired) electrons. The molecule has 4 nitrogen and oxygen atoms in total. The molecule has 114 valence electrons. The van der Waals surface area contributed by atoms with Gasteiger partial charge in [0.15, 0.2) is 0 Å². The highest BCUT2D eigenvalue weighted by atomic mass is 32.2.